The highest BCUT2D eigenvalue weighted by molar-refractivity contribution is 5.96. The summed E-state index contributed by atoms with van der Waals surface area (Å²) < 4.78 is 14.4. The number of anilines is 1. The lowest BCUT2D eigenvalue weighted by Crippen LogP contribution is -2.32. The largest absolute Gasteiger partial charge is 0.496 e. The number of methoxy groups -OCH3 is 1. The molecule has 1 unspecified atom stereocenters. The van der Waals surface area contributed by atoms with Crippen LogP contribution in [-0.2, 0) is 10.3 Å². The van der Waals surface area contributed by atoms with Gasteiger partial charge in [-0.25, -0.2) is 4.79 Å². The molecule has 4 aromatic rings. The van der Waals surface area contributed by atoms with Crippen LogP contribution in [0.4, 0.5) is 5.69 Å². The number of cyclic esters (lactones) is 1. The van der Waals surface area contributed by atoms with E-state index in [1.54, 1.807) is 7.11 Å². The molecule has 3 heterocycles. The third-order valence-corrected chi connectivity index (χ3v) is 6.67. The summed E-state index contributed by atoms with van der Waals surface area (Å²) in [6, 6.07) is 22.0. The summed E-state index contributed by atoms with van der Waals surface area (Å²) in [5.74, 6) is 0.361. The van der Waals surface area contributed by atoms with Gasteiger partial charge in [-0.1, -0.05) is 24.3 Å². The Morgan fingerprint density at radius 2 is 1.73 bits per heavy atom. The van der Waals surface area contributed by atoms with Gasteiger partial charge in [-0.3, -0.25) is 0 Å². The fourth-order valence-electron chi connectivity index (χ4n) is 5.18. The first-order valence-electron chi connectivity index (χ1n) is 11.4. The molecule has 2 aromatic heterocycles. The van der Waals surface area contributed by atoms with Crippen LogP contribution in [0.3, 0.4) is 0 Å². The summed E-state index contributed by atoms with van der Waals surface area (Å²) >= 11 is 0. The van der Waals surface area contributed by atoms with Crippen molar-refractivity contribution in [1.82, 2.24) is 4.40 Å². The van der Waals surface area contributed by atoms with Crippen molar-refractivity contribution in [2.45, 2.75) is 26.4 Å². The van der Waals surface area contributed by atoms with E-state index < -0.39 is 5.60 Å². The number of esters is 1. The molecule has 1 atom stereocenters. The van der Waals surface area contributed by atoms with Gasteiger partial charge in [0, 0.05) is 47.7 Å². The van der Waals surface area contributed by atoms with Gasteiger partial charge in [0.2, 0.25) is 5.60 Å². The van der Waals surface area contributed by atoms with Gasteiger partial charge in [-0.2, -0.15) is 0 Å². The van der Waals surface area contributed by atoms with Crippen LogP contribution in [0.1, 0.15) is 46.6 Å². The molecule has 0 amide bonds. The molecule has 0 radical (unpaired) electrons. The summed E-state index contributed by atoms with van der Waals surface area (Å²) in [5.41, 5.74) is 5.16. The average molecular weight is 441 g/mol. The zero-order valence-corrected chi connectivity index (χ0v) is 19.5. The highest BCUT2D eigenvalue weighted by atomic mass is 16.6. The smallest absolute Gasteiger partial charge is 0.340 e. The molecule has 0 saturated heterocycles. The molecule has 5 nitrogen and oxygen atoms in total. The quantitative estimate of drug-likeness (QED) is 0.368. The Balaban J connectivity index is 1.87. The Bertz CT molecular complexity index is 1350. The van der Waals surface area contributed by atoms with Crippen LogP contribution in [-0.4, -0.2) is 30.6 Å². The topological polar surface area (TPSA) is 43.2 Å². The number of benzene rings is 2. The molecule has 168 valence electrons. The number of rotatable bonds is 6. The van der Waals surface area contributed by atoms with E-state index in [0.29, 0.717) is 11.3 Å². The van der Waals surface area contributed by atoms with Gasteiger partial charge in [0.15, 0.2) is 0 Å². The fourth-order valence-corrected chi connectivity index (χ4v) is 5.18. The number of aromatic nitrogens is 1. The van der Waals surface area contributed by atoms with Gasteiger partial charge in [0.05, 0.1) is 18.4 Å². The molecule has 0 spiro atoms. The van der Waals surface area contributed by atoms with E-state index in [2.05, 4.69) is 48.3 Å². The lowest BCUT2D eigenvalue weighted by Gasteiger charge is -2.33. The van der Waals surface area contributed by atoms with Gasteiger partial charge in [0.25, 0.3) is 0 Å². The average Bonchev–Trinajstić information content (AvgIpc) is 3.34. The first-order chi connectivity index (χ1) is 16.0. The number of hydrogen-bond acceptors (Lipinski definition) is 4. The van der Waals surface area contributed by atoms with Crippen LogP contribution in [0.15, 0.2) is 72.9 Å². The lowest BCUT2D eigenvalue weighted by atomic mass is 9.81. The maximum absolute atomic E-state index is 13.2. The van der Waals surface area contributed by atoms with Gasteiger partial charge in [-0.15, -0.1) is 0 Å². The number of carbonyl (C=O) groups excluding carboxylic acids is 1. The van der Waals surface area contributed by atoms with Crippen LogP contribution in [0.25, 0.3) is 5.52 Å². The molecule has 0 bridgehead atoms. The minimum atomic E-state index is -1.13. The fraction of sp³-hybridized carbons (Fsp3) is 0.250. The standard InChI is InChI=1S/C28H28N2O3/c1-5-29(6-2)20-14-15-24(25(18-20)32-4)28(23-13-8-7-12-22(23)27(31)33-28)26-19(3)17-21-11-9-10-16-30(21)26/h7-18H,5-6H2,1-4H3. The second-order valence-electron chi connectivity index (χ2n) is 8.34. The highest BCUT2D eigenvalue weighted by Gasteiger charge is 2.52. The van der Waals surface area contributed by atoms with Crippen molar-refractivity contribution in [3.8, 4) is 5.75 Å². The first-order valence-corrected chi connectivity index (χ1v) is 11.4. The number of aryl methyl sites for hydroxylation is 1. The molecule has 5 rings (SSSR count). The van der Waals surface area contributed by atoms with Gasteiger partial charge in [-0.05, 0) is 62.7 Å². The van der Waals surface area contributed by atoms with Crippen LogP contribution >= 0.6 is 0 Å². The first kappa shape index (κ1) is 21.1. The van der Waals surface area contributed by atoms with E-state index in [-0.39, 0.29) is 5.97 Å². The monoisotopic (exact) mass is 440 g/mol. The Labute approximate surface area is 194 Å². The van der Waals surface area contributed by atoms with Crippen molar-refractivity contribution in [3.63, 3.8) is 0 Å². The number of ether oxygens (including phenoxy) is 2. The predicted molar refractivity (Wildman–Crippen MR) is 130 cm³/mol. The van der Waals surface area contributed by atoms with E-state index in [4.69, 9.17) is 9.47 Å². The zero-order chi connectivity index (χ0) is 23.2. The maximum Gasteiger partial charge on any atom is 0.340 e. The van der Waals surface area contributed by atoms with Crippen LogP contribution in [0, 0.1) is 6.92 Å². The molecule has 33 heavy (non-hydrogen) atoms. The van der Waals surface area contributed by atoms with E-state index >= 15 is 0 Å². The van der Waals surface area contributed by atoms with Crippen molar-refractivity contribution in [2.24, 2.45) is 0 Å². The Kier molecular flexibility index (Phi) is 5.12. The maximum atomic E-state index is 13.2. The Morgan fingerprint density at radius 1 is 0.970 bits per heavy atom. The van der Waals surface area contributed by atoms with E-state index in [0.717, 1.165) is 46.7 Å². The van der Waals surface area contributed by atoms with E-state index in [1.807, 2.05) is 54.7 Å². The second kappa shape index (κ2) is 8.00. The summed E-state index contributed by atoms with van der Waals surface area (Å²) in [4.78, 5) is 15.5. The molecular weight excluding hydrogens is 412 g/mol. The van der Waals surface area contributed by atoms with Crippen LogP contribution in [0.2, 0.25) is 0 Å². The Hall–Kier alpha value is -3.73. The molecule has 0 fully saturated rings. The van der Waals surface area contributed by atoms with Crippen molar-refractivity contribution in [1.29, 1.82) is 0 Å². The number of pyridine rings is 1. The summed E-state index contributed by atoms with van der Waals surface area (Å²) in [7, 11) is 1.67. The van der Waals surface area contributed by atoms with Gasteiger partial charge >= 0.3 is 5.97 Å². The molecule has 2 aromatic carbocycles. The predicted octanol–water partition coefficient (Wildman–Crippen LogP) is 5.56. The molecule has 0 N–H and O–H groups in total. The lowest BCUT2D eigenvalue weighted by molar-refractivity contribution is 0.0228. The summed E-state index contributed by atoms with van der Waals surface area (Å²) in [6.07, 6.45) is 2.02. The zero-order valence-electron chi connectivity index (χ0n) is 19.5. The number of carbonyl (C=O) groups is 1. The van der Waals surface area contributed by atoms with Crippen LogP contribution in [0.5, 0.6) is 5.75 Å². The summed E-state index contributed by atoms with van der Waals surface area (Å²) in [6.45, 7) is 8.12. The normalized spacial score (nSPS) is 17.2. The van der Waals surface area contributed by atoms with E-state index in [9.17, 15) is 4.79 Å². The SMILES string of the molecule is CCN(CC)c1ccc(C2(c3c(C)cc4ccccn34)OC(=O)c3ccccc32)c(OC)c1. The highest BCUT2D eigenvalue weighted by Crippen LogP contribution is 2.51. The number of fused-ring (bicyclic) bond motifs is 2. The molecule has 5 heteroatoms. The minimum absolute atomic E-state index is 0.328. The third-order valence-electron chi connectivity index (χ3n) is 6.67. The molecule has 0 aliphatic carbocycles. The van der Waals surface area contributed by atoms with Gasteiger partial charge in [0.1, 0.15) is 5.75 Å². The minimum Gasteiger partial charge on any atom is -0.496 e. The van der Waals surface area contributed by atoms with Gasteiger partial charge < -0.3 is 18.8 Å². The molecule has 1 aliphatic heterocycles. The molecular formula is C28H28N2O3. The van der Waals surface area contributed by atoms with Crippen LogP contribution < -0.4 is 9.64 Å². The third kappa shape index (κ3) is 3.03. The van der Waals surface area contributed by atoms with Crippen molar-refractivity contribution < 1.29 is 14.3 Å². The van der Waals surface area contributed by atoms with E-state index in [1.165, 1.54) is 0 Å². The Morgan fingerprint density at radius 3 is 2.48 bits per heavy atom. The number of hydrogen-bond donors (Lipinski definition) is 0. The second-order valence-corrected chi connectivity index (χ2v) is 8.34. The molecule has 0 saturated carbocycles. The van der Waals surface area contributed by atoms with Crippen molar-refractivity contribution in [3.05, 3.63) is 101 Å². The molecule has 1 aliphatic rings. The van der Waals surface area contributed by atoms with Crippen molar-refractivity contribution in [2.75, 3.05) is 25.1 Å². The summed E-state index contributed by atoms with van der Waals surface area (Å²) in [5, 5.41) is 0. The number of nitrogens with zero attached hydrogens (tertiary/aromatic N) is 2. The van der Waals surface area contributed by atoms with Crippen molar-refractivity contribution >= 4 is 17.2 Å².